The van der Waals surface area contributed by atoms with Crippen LogP contribution < -0.4 is 20.9 Å². The standard InChI is InChI=1S/C29H33N5O3S/c1-2-3-9-28-32-26-13-11-23(33-16-14-31-15-17-33)19-25(26)29(35)34(28)20-21-10-12-24(22-7-5-4-6-8-22)27(18-21)38(30,36)37/h4-8,10-13,18-19,31H,2-3,9,14-17,20H2,1H3,(H2,30,36,37). The molecule has 4 aromatic rings. The summed E-state index contributed by atoms with van der Waals surface area (Å²) in [5, 5.41) is 9.54. The van der Waals surface area contributed by atoms with E-state index in [4.69, 9.17) is 10.1 Å². The van der Waals surface area contributed by atoms with Crippen LogP contribution in [0.2, 0.25) is 0 Å². The quantitative estimate of drug-likeness (QED) is 0.360. The van der Waals surface area contributed by atoms with Gasteiger partial charge in [-0.1, -0.05) is 55.8 Å². The smallest absolute Gasteiger partial charge is 0.261 e. The lowest BCUT2D eigenvalue weighted by Crippen LogP contribution is -2.43. The molecule has 1 saturated heterocycles. The van der Waals surface area contributed by atoms with E-state index in [-0.39, 0.29) is 17.0 Å². The van der Waals surface area contributed by atoms with Crippen molar-refractivity contribution in [1.82, 2.24) is 14.9 Å². The lowest BCUT2D eigenvalue weighted by molar-refractivity contribution is 0.589. The van der Waals surface area contributed by atoms with E-state index >= 15 is 0 Å². The molecule has 1 aromatic heterocycles. The number of aryl methyl sites for hydroxylation is 1. The number of piperazine rings is 1. The summed E-state index contributed by atoms with van der Waals surface area (Å²) in [4.78, 5) is 21.1. The molecular weight excluding hydrogens is 498 g/mol. The zero-order chi connectivity index (χ0) is 26.7. The minimum absolute atomic E-state index is 0.0408. The van der Waals surface area contributed by atoms with Crippen molar-refractivity contribution in [3.63, 3.8) is 0 Å². The first kappa shape index (κ1) is 26.1. The largest absolute Gasteiger partial charge is 0.369 e. The molecule has 0 bridgehead atoms. The van der Waals surface area contributed by atoms with Gasteiger partial charge < -0.3 is 10.2 Å². The van der Waals surface area contributed by atoms with E-state index in [0.717, 1.165) is 50.3 Å². The summed E-state index contributed by atoms with van der Waals surface area (Å²) in [7, 11) is -4.00. The average molecular weight is 532 g/mol. The molecule has 38 heavy (non-hydrogen) atoms. The number of anilines is 1. The summed E-state index contributed by atoms with van der Waals surface area (Å²) in [6, 6.07) is 20.4. The van der Waals surface area contributed by atoms with Gasteiger partial charge in [-0.05, 0) is 41.8 Å². The van der Waals surface area contributed by atoms with Gasteiger partial charge in [-0.2, -0.15) is 0 Å². The van der Waals surface area contributed by atoms with E-state index in [9.17, 15) is 13.2 Å². The predicted molar refractivity (Wildman–Crippen MR) is 152 cm³/mol. The topological polar surface area (TPSA) is 110 Å². The lowest BCUT2D eigenvalue weighted by atomic mass is 10.0. The van der Waals surface area contributed by atoms with Crippen LogP contribution in [0.1, 0.15) is 31.2 Å². The first-order chi connectivity index (χ1) is 18.3. The molecule has 0 spiro atoms. The lowest BCUT2D eigenvalue weighted by Gasteiger charge is -2.29. The monoisotopic (exact) mass is 531 g/mol. The second-order valence-electron chi connectivity index (χ2n) is 9.70. The summed E-state index contributed by atoms with van der Waals surface area (Å²) in [6.07, 6.45) is 2.52. The number of aromatic nitrogens is 2. The Balaban J connectivity index is 1.60. The highest BCUT2D eigenvalue weighted by molar-refractivity contribution is 7.89. The van der Waals surface area contributed by atoms with Gasteiger partial charge in [0.15, 0.2) is 0 Å². The molecule has 0 saturated carbocycles. The Bertz CT molecular complexity index is 1610. The van der Waals surface area contributed by atoms with Crippen molar-refractivity contribution in [3.05, 3.63) is 88.5 Å². The van der Waals surface area contributed by atoms with E-state index in [1.165, 1.54) is 0 Å². The van der Waals surface area contributed by atoms with Crippen LogP contribution >= 0.6 is 0 Å². The van der Waals surface area contributed by atoms with Crippen molar-refractivity contribution in [2.24, 2.45) is 5.14 Å². The first-order valence-corrected chi connectivity index (χ1v) is 14.6. The number of benzene rings is 3. The number of nitrogens with two attached hydrogens (primary N) is 1. The molecule has 0 unspecified atom stereocenters. The van der Waals surface area contributed by atoms with Crippen LogP contribution in [-0.2, 0) is 23.0 Å². The minimum atomic E-state index is -4.00. The highest BCUT2D eigenvalue weighted by Crippen LogP contribution is 2.28. The zero-order valence-corrected chi connectivity index (χ0v) is 22.4. The molecule has 1 fully saturated rings. The third-order valence-electron chi connectivity index (χ3n) is 7.03. The summed E-state index contributed by atoms with van der Waals surface area (Å²) in [6.45, 7) is 5.88. The van der Waals surface area contributed by atoms with Crippen molar-refractivity contribution in [2.45, 2.75) is 37.6 Å². The van der Waals surface area contributed by atoms with Gasteiger partial charge >= 0.3 is 0 Å². The molecule has 0 amide bonds. The molecule has 2 heterocycles. The van der Waals surface area contributed by atoms with Crippen molar-refractivity contribution in [1.29, 1.82) is 0 Å². The van der Waals surface area contributed by atoms with Gasteiger partial charge in [-0.3, -0.25) is 9.36 Å². The van der Waals surface area contributed by atoms with E-state index in [0.29, 0.717) is 34.3 Å². The van der Waals surface area contributed by atoms with Crippen LogP contribution in [0.15, 0.2) is 76.4 Å². The maximum atomic E-state index is 13.9. The number of unbranched alkanes of at least 4 members (excludes halogenated alkanes) is 1. The summed E-state index contributed by atoms with van der Waals surface area (Å²) in [5.74, 6) is 0.698. The Labute approximate surface area is 223 Å². The van der Waals surface area contributed by atoms with Gasteiger partial charge in [-0.15, -0.1) is 0 Å². The minimum Gasteiger partial charge on any atom is -0.369 e. The SMILES string of the molecule is CCCCc1nc2ccc(N3CCNCC3)cc2c(=O)n1Cc1ccc(-c2ccccc2)c(S(N)(=O)=O)c1. The maximum absolute atomic E-state index is 13.9. The predicted octanol–water partition coefficient (Wildman–Crippen LogP) is 3.51. The number of nitrogens with zero attached hydrogens (tertiary/aromatic N) is 3. The highest BCUT2D eigenvalue weighted by Gasteiger charge is 2.19. The second kappa shape index (κ2) is 11.1. The number of hydrogen-bond donors (Lipinski definition) is 2. The fourth-order valence-corrected chi connectivity index (χ4v) is 5.81. The molecular formula is C29H33N5O3S. The maximum Gasteiger partial charge on any atom is 0.261 e. The fraction of sp³-hybridized carbons (Fsp3) is 0.310. The van der Waals surface area contributed by atoms with Crippen LogP contribution in [0.5, 0.6) is 0 Å². The van der Waals surface area contributed by atoms with Crippen molar-refractivity contribution < 1.29 is 8.42 Å². The van der Waals surface area contributed by atoms with Crippen LogP contribution in [0.3, 0.4) is 0 Å². The number of nitrogens with one attached hydrogen (secondary N) is 1. The third-order valence-corrected chi connectivity index (χ3v) is 7.98. The van der Waals surface area contributed by atoms with Gasteiger partial charge in [0.25, 0.3) is 5.56 Å². The van der Waals surface area contributed by atoms with E-state index < -0.39 is 10.0 Å². The molecule has 3 N–H and O–H groups in total. The molecule has 3 aromatic carbocycles. The summed E-state index contributed by atoms with van der Waals surface area (Å²) < 4.78 is 26.8. The Morgan fingerprint density at radius 1 is 1.00 bits per heavy atom. The highest BCUT2D eigenvalue weighted by atomic mass is 32.2. The van der Waals surface area contributed by atoms with Gasteiger partial charge in [-0.25, -0.2) is 18.5 Å². The van der Waals surface area contributed by atoms with Crippen LogP contribution in [0.25, 0.3) is 22.0 Å². The number of fused-ring (bicyclic) bond motifs is 1. The van der Waals surface area contributed by atoms with E-state index in [1.54, 1.807) is 16.7 Å². The Morgan fingerprint density at radius 2 is 1.76 bits per heavy atom. The molecule has 0 radical (unpaired) electrons. The zero-order valence-electron chi connectivity index (χ0n) is 21.6. The second-order valence-corrected chi connectivity index (χ2v) is 11.2. The van der Waals surface area contributed by atoms with Gasteiger partial charge in [0.05, 0.1) is 22.3 Å². The molecule has 8 nitrogen and oxygen atoms in total. The fourth-order valence-electron chi connectivity index (χ4n) is 5.00. The summed E-state index contributed by atoms with van der Waals surface area (Å²) >= 11 is 0. The molecule has 1 aliphatic rings. The van der Waals surface area contributed by atoms with Gasteiger partial charge in [0.1, 0.15) is 5.82 Å². The average Bonchev–Trinajstić information content (AvgIpc) is 2.94. The summed E-state index contributed by atoms with van der Waals surface area (Å²) in [5.41, 5.74) is 3.54. The number of sulfonamides is 1. The first-order valence-electron chi connectivity index (χ1n) is 13.1. The number of hydrogen-bond acceptors (Lipinski definition) is 6. The Morgan fingerprint density at radius 3 is 2.47 bits per heavy atom. The van der Waals surface area contributed by atoms with E-state index in [1.807, 2.05) is 54.6 Å². The molecule has 0 atom stereocenters. The van der Waals surface area contributed by atoms with Gasteiger partial charge in [0, 0.05) is 43.9 Å². The van der Waals surface area contributed by atoms with E-state index in [2.05, 4.69) is 17.1 Å². The molecule has 9 heteroatoms. The van der Waals surface area contributed by atoms with Crippen LogP contribution in [-0.4, -0.2) is 44.1 Å². The van der Waals surface area contributed by atoms with Gasteiger partial charge in [0.2, 0.25) is 10.0 Å². The Hall–Kier alpha value is -3.53. The number of primary sulfonamides is 1. The molecule has 1 aliphatic heterocycles. The van der Waals surface area contributed by atoms with Crippen molar-refractivity contribution >= 4 is 26.6 Å². The van der Waals surface area contributed by atoms with Crippen molar-refractivity contribution in [3.8, 4) is 11.1 Å². The Kier molecular flexibility index (Phi) is 7.60. The molecule has 0 aliphatic carbocycles. The molecule has 5 rings (SSSR count). The molecule has 198 valence electrons. The van der Waals surface area contributed by atoms with Crippen LogP contribution in [0.4, 0.5) is 5.69 Å². The third kappa shape index (κ3) is 5.50. The van der Waals surface area contributed by atoms with Crippen LogP contribution in [0, 0.1) is 0 Å². The number of rotatable bonds is 8. The van der Waals surface area contributed by atoms with Crippen molar-refractivity contribution in [2.75, 3.05) is 31.1 Å². The normalized spacial score (nSPS) is 14.2.